The van der Waals surface area contributed by atoms with E-state index < -0.39 is 5.41 Å². The van der Waals surface area contributed by atoms with Crippen molar-refractivity contribution in [3.63, 3.8) is 0 Å². The SMILES string of the molecule is Cc1cc(-c2ccc3c(c2)-c2ccccc2C32c3ccccc3Sc3ccc(-c4nc(-c5ccccc5)cc(-c5ccccc5-c5ccccc5)n4)cc32)c(C)cn1. The lowest BCUT2D eigenvalue weighted by Gasteiger charge is -2.40. The number of hydrogen-bond acceptors (Lipinski definition) is 4. The molecule has 1 spiro atoms. The Hall–Kier alpha value is -6.88. The standard InChI is InChI=1S/C54H37N3S/c1-34-33-55-35(2)29-43(34)38-25-27-46-44(30-38)41-20-11-12-22-45(41)54(46)47-23-13-14-24-51(47)58-52-28-26-39(31-48(52)54)53-56-49(37-17-7-4-8-18-37)32-50(57-53)42-21-10-9-19-40(42)36-15-5-3-6-16-36/h3-33H,1-2H3. The van der Waals surface area contributed by atoms with Gasteiger partial charge in [-0.05, 0) is 111 Å². The Labute approximate surface area is 343 Å². The van der Waals surface area contributed by atoms with E-state index >= 15 is 0 Å². The van der Waals surface area contributed by atoms with Crippen LogP contribution in [0.2, 0.25) is 0 Å². The summed E-state index contributed by atoms with van der Waals surface area (Å²) >= 11 is 1.85. The van der Waals surface area contributed by atoms with Crippen molar-refractivity contribution >= 4 is 11.8 Å². The molecule has 1 aliphatic carbocycles. The van der Waals surface area contributed by atoms with Gasteiger partial charge in [0.1, 0.15) is 0 Å². The van der Waals surface area contributed by atoms with Crippen LogP contribution in [0.3, 0.4) is 0 Å². The van der Waals surface area contributed by atoms with E-state index in [4.69, 9.17) is 9.97 Å². The van der Waals surface area contributed by atoms with Gasteiger partial charge in [-0.2, -0.15) is 0 Å². The van der Waals surface area contributed by atoms with Gasteiger partial charge in [0.15, 0.2) is 5.82 Å². The highest BCUT2D eigenvalue weighted by Gasteiger charge is 2.50. The summed E-state index contributed by atoms with van der Waals surface area (Å²) in [5.41, 5.74) is 18.9. The molecule has 58 heavy (non-hydrogen) atoms. The van der Waals surface area contributed by atoms with Gasteiger partial charge in [0, 0.05) is 38.4 Å². The van der Waals surface area contributed by atoms with Gasteiger partial charge in [-0.3, -0.25) is 4.98 Å². The second-order valence-electron chi connectivity index (χ2n) is 15.2. The maximum absolute atomic E-state index is 5.42. The number of aryl methyl sites for hydroxylation is 2. The minimum atomic E-state index is -0.541. The summed E-state index contributed by atoms with van der Waals surface area (Å²) in [6.07, 6.45) is 1.99. The van der Waals surface area contributed by atoms with E-state index in [-0.39, 0.29) is 0 Å². The first-order valence-corrected chi connectivity index (χ1v) is 20.6. The molecule has 1 unspecified atom stereocenters. The lowest BCUT2D eigenvalue weighted by Crippen LogP contribution is -2.32. The third-order valence-corrected chi connectivity index (χ3v) is 13.0. The molecule has 0 N–H and O–H groups in total. The maximum atomic E-state index is 5.42. The van der Waals surface area contributed by atoms with Gasteiger partial charge in [-0.25, -0.2) is 9.97 Å². The van der Waals surface area contributed by atoms with Gasteiger partial charge in [-0.1, -0.05) is 157 Å². The first kappa shape index (κ1) is 34.4. The van der Waals surface area contributed by atoms with Crippen molar-refractivity contribution in [2.75, 3.05) is 0 Å². The maximum Gasteiger partial charge on any atom is 0.160 e. The van der Waals surface area contributed by atoms with E-state index in [2.05, 4.69) is 201 Å². The summed E-state index contributed by atoms with van der Waals surface area (Å²) in [6, 6.07) is 65.9. The molecule has 1 atom stereocenters. The average molecular weight is 760 g/mol. The molecular weight excluding hydrogens is 723 g/mol. The highest BCUT2D eigenvalue weighted by molar-refractivity contribution is 7.99. The van der Waals surface area contributed by atoms with Crippen LogP contribution in [0.4, 0.5) is 0 Å². The quantitative estimate of drug-likeness (QED) is 0.175. The predicted molar refractivity (Wildman–Crippen MR) is 238 cm³/mol. The Morgan fingerprint density at radius 3 is 1.83 bits per heavy atom. The lowest BCUT2D eigenvalue weighted by atomic mass is 9.67. The van der Waals surface area contributed by atoms with Gasteiger partial charge >= 0.3 is 0 Å². The van der Waals surface area contributed by atoms with Crippen LogP contribution in [0.5, 0.6) is 0 Å². The van der Waals surface area contributed by atoms with Crippen molar-refractivity contribution < 1.29 is 0 Å². The van der Waals surface area contributed by atoms with E-state index in [0.29, 0.717) is 5.82 Å². The van der Waals surface area contributed by atoms with E-state index in [1.165, 1.54) is 59.9 Å². The molecule has 0 saturated carbocycles. The predicted octanol–water partition coefficient (Wildman–Crippen LogP) is 13.7. The molecule has 7 aromatic carbocycles. The smallest absolute Gasteiger partial charge is 0.160 e. The summed E-state index contributed by atoms with van der Waals surface area (Å²) in [5.74, 6) is 0.700. The van der Waals surface area contributed by atoms with Crippen molar-refractivity contribution in [1.29, 1.82) is 0 Å². The van der Waals surface area contributed by atoms with Crippen molar-refractivity contribution in [3.05, 3.63) is 222 Å². The zero-order chi connectivity index (χ0) is 38.8. The van der Waals surface area contributed by atoms with Gasteiger partial charge in [0.25, 0.3) is 0 Å². The van der Waals surface area contributed by atoms with Gasteiger partial charge < -0.3 is 0 Å². The summed E-state index contributed by atoms with van der Waals surface area (Å²) in [6.45, 7) is 4.22. The fourth-order valence-corrected chi connectivity index (χ4v) is 10.4. The van der Waals surface area contributed by atoms with Gasteiger partial charge in [-0.15, -0.1) is 0 Å². The number of aromatic nitrogens is 3. The zero-order valence-corrected chi connectivity index (χ0v) is 33.0. The summed E-state index contributed by atoms with van der Waals surface area (Å²) in [7, 11) is 0. The molecule has 274 valence electrons. The van der Waals surface area contributed by atoms with E-state index in [1.807, 2.05) is 18.0 Å². The Morgan fingerprint density at radius 2 is 1.02 bits per heavy atom. The normalized spacial score (nSPS) is 14.7. The monoisotopic (exact) mass is 759 g/mol. The molecular formula is C54H37N3S. The second kappa shape index (κ2) is 13.7. The van der Waals surface area contributed by atoms with Crippen LogP contribution in [-0.4, -0.2) is 15.0 Å². The first-order chi connectivity index (χ1) is 28.6. The minimum absolute atomic E-state index is 0.541. The zero-order valence-electron chi connectivity index (χ0n) is 32.1. The van der Waals surface area contributed by atoms with Gasteiger partial charge in [0.05, 0.1) is 16.8 Å². The number of rotatable bonds is 5. The fourth-order valence-electron chi connectivity index (χ4n) is 9.20. The van der Waals surface area contributed by atoms with Crippen molar-refractivity contribution in [3.8, 4) is 67.3 Å². The number of hydrogen-bond donors (Lipinski definition) is 0. The first-order valence-electron chi connectivity index (χ1n) is 19.8. The van der Waals surface area contributed by atoms with Crippen molar-refractivity contribution in [1.82, 2.24) is 15.0 Å². The summed E-state index contributed by atoms with van der Waals surface area (Å²) in [4.78, 5) is 17.8. The van der Waals surface area contributed by atoms with Crippen LogP contribution in [0.25, 0.3) is 67.3 Å². The molecule has 0 radical (unpaired) electrons. The number of benzene rings is 7. The van der Waals surface area contributed by atoms with E-state index in [1.54, 1.807) is 0 Å². The minimum Gasteiger partial charge on any atom is -0.261 e. The van der Waals surface area contributed by atoms with Crippen LogP contribution in [0.15, 0.2) is 198 Å². The molecule has 4 heteroatoms. The number of fused-ring (bicyclic) bond motifs is 9. The number of nitrogens with zero attached hydrogens (tertiary/aromatic N) is 3. The topological polar surface area (TPSA) is 38.7 Å². The third-order valence-electron chi connectivity index (χ3n) is 11.8. The van der Waals surface area contributed by atoms with Crippen LogP contribution in [-0.2, 0) is 5.41 Å². The molecule has 2 aliphatic rings. The molecule has 3 nitrogen and oxygen atoms in total. The molecule has 3 heterocycles. The van der Waals surface area contributed by atoms with Crippen LogP contribution in [0.1, 0.15) is 33.5 Å². The highest BCUT2D eigenvalue weighted by Crippen LogP contribution is 2.62. The molecule has 1 aliphatic heterocycles. The third kappa shape index (κ3) is 5.40. The second-order valence-corrected chi connectivity index (χ2v) is 16.3. The Balaban J connectivity index is 1.16. The van der Waals surface area contributed by atoms with Crippen molar-refractivity contribution in [2.45, 2.75) is 29.1 Å². The molecule has 0 bridgehead atoms. The molecule has 9 aromatic rings. The van der Waals surface area contributed by atoms with Gasteiger partial charge in [0.2, 0.25) is 0 Å². The van der Waals surface area contributed by atoms with Crippen molar-refractivity contribution in [2.24, 2.45) is 0 Å². The number of pyridine rings is 1. The van der Waals surface area contributed by atoms with Crippen LogP contribution in [0, 0.1) is 13.8 Å². The fraction of sp³-hybridized carbons (Fsp3) is 0.0556. The Morgan fingerprint density at radius 1 is 0.397 bits per heavy atom. The summed E-state index contributed by atoms with van der Waals surface area (Å²) < 4.78 is 0. The molecule has 0 saturated heterocycles. The lowest BCUT2D eigenvalue weighted by molar-refractivity contribution is 0.722. The van der Waals surface area contributed by atoms with Crippen LogP contribution < -0.4 is 0 Å². The molecule has 0 fully saturated rings. The average Bonchev–Trinajstić information content (AvgIpc) is 3.57. The van der Waals surface area contributed by atoms with E-state index in [0.717, 1.165) is 44.9 Å². The largest absolute Gasteiger partial charge is 0.261 e. The molecule has 11 rings (SSSR count). The highest BCUT2D eigenvalue weighted by atomic mass is 32.2. The summed E-state index contributed by atoms with van der Waals surface area (Å²) in [5, 5.41) is 0. The molecule has 0 amide bonds. The van der Waals surface area contributed by atoms with Crippen LogP contribution >= 0.6 is 11.8 Å². The Kier molecular flexibility index (Phi) is 8.09. The Bertz CT molecular complexity index is 3060. The molecule has 2 aromatic heterocycles. The van der Waals surface area contributed by atoms with E-state index in [9.17, 15) is 0 Å².